The second kappa shape index (κ2) is 5.67. The molecule has 0 spiro atoms. The molecule has 0 aliphatic rings. The molecular formula is C14H17N3O2. The van der Waals surface area contributed by atoms with Gasteiger partial charge in [-0.1, -0.05) is 12.1 Å². The van der Waals surface area contributed by atoms with Crippen molar-refractivity contribution in [1.29, 1.82) is 0 Å². The summed E-state index contributed by atoms with van der Waals surface area (Å²) in [4.78, 5) is 10.5. The van der Waals surface area contributed by atoms with Crippen LogP contribution in [-0.2, 0) is 20.1 Å². The van der Waals surface area contributed by atoms with Crippen LogP contribution in [0.3, 0.4) is 0 Å². The van der Waals surface area contributed by atoms with Gasteiger partial charge in [-0.25, -0.2) is 0 Å². The molecule has 1 N–H and O–H groups in total. The van der Waals surface area contributed by atoms with Gasteiger partial charge < -0.3 is 9.88 Å². The quantitative estimate of drug-likeness (QED) is 0.663. The van der Waals surface area contributed by atoms with Crippen molar-refractivity contribution in [3.63, 3.8) is 0 Å². The summed E-state index contributed by atoms with van der Waals surface area (Å²) in [5.41, 5.74) is 3.05. The van der Waals surface area contributed by atoms with Crippen LogP contribution in [0.4, 0.5) is 5.69 Å². The van der Waals surface area contributed by atoms with Crippen molar-refractivity contribution in [3.05, 3.63) is 63.5 Å². The lowest BCUT2D eigenvalue weighted by Crippen LogP contribution is -2.15. The first-order valence-electron chi connectivity index (χ1n) is 6.13. The summed E-state index contributed by atoms with van der Waals surface area (Å²) in [6, 6.07) is 9.23. The molecule has 0 radical (unpaired) electrons. The summed E-state index contributed by atoms with van der Waals surface area (Å²) in [5.74, 6) is 0. The Bertz CT molecular complexity index is 590. The summed E-state index contributed by atoms with van der Waals surface area (Å²) in [6.45, 7) is 3.15. The average molecular weight is 259 g/mol. The molecular weight excluding hydrogens is 242 g/mol. The molecule has 0 fully saturated rings. The molecule has 5 heteroatoms. The van der Waals surface area contributed by atoms with Crippen molar-refractivity contribution in [2.24, 2.45) is 7.05 Å². The van der Waals surface area contributed by atoms with E-state index in [9.17, 15) is 10.1 Å². The Morgan fingerprint density at radius 3 is 2.68 bits per heavy atom. The van der Waals surface area contributed by atoms with Gasteiger partial charge in [-0.15, -0.1) is 0 Å². The molecule has 1 aromatic carbocycles. The van der Waals surface area contributed by atoms with Crippen LogP contribution < -0.4 is 5.32 Å². The van der Waals surface area contributed by atoms with Gasteiger partial charge in [0.1, 0.15) is 0 Å². The molecule has 0 aliphatic heterocycles. The zero-order valence-corrected chi connectivity index (χ0v) is 11.1. The summed E-state index contributed by atoms with van der Waals surface area (Å²) in [7, 11) is 2.00. The largest absolute Gasteiger partial charge is 0.353 e. The number of rotatable bonds is 5. The van der Waals surface area contributed by atoms with Crippen LogP contribution in [0.5, 0.6) is 0 Å². The Hall–Kier alpha value is -2.14. The van der Waals surface area contributed by atoms with Gasteiger partial charge in [-0.3, -0.25) is 10.1 Å². The lowest BCUT2D eigenvalue weighted by atomic mass is 10.1. The third kappa shape index (κ3) is 3.00. The molecule has 19 heavy (non-hydrogen) atoms. The van der Waals surface area contributed by atoms with E-state index in [-0.39, 0.29) is 10.6 Å². The van der Waals surface area contributed by atoms with Crippen LogP contribution in [0, 0.1) is 17.0 Å². The SMILES string of the molecule is Cc1c(CNCc2cccn2C)cccc1[N+](=O)[O-]. The van der Waals surface area contributed by atoms with Gasteiger partial charge in [-0.2, -0.15) is 0 Å². The topological polar surface area (TPSA) is 60.1 Å². The van der Waals surface area contributed by atoms with Crippen molar-refractivity contribution < 1.29 is 4.92 Å². The molecule has 0 aliphatic carbocycles. The normalized spacial score (nSPS) is 10.6. The van der Waals surface area contributed by atoms with E-state index in [1.165, 1.54) is 11.8 Å². The minimum absolute atomic E-state index is 0.179. The summed E-state index contributed by atoms with van der Waals surface area (Å²) in [5, 5.41) is 14.2. The fourth-order valence-electron chi connectivity index (χ4n) is 2.06. The lowest BCUT2D eigenvalue weighted by molar-refractivity contribution is -0.385. The Morgan fingerprint density at radius 2 is 2.05 bits per heavy atom. The maximum Gasteiger partial charge on any atom is 0.272 e. The van der Waals surface area contributed by atoms with Gasteiger partial charge in [0.2, 0.25) is 0 Å². The van der Waals surface area contributed by atoms with E-state index in [0.29, 0.717) is 6.54 Å². The zero-order chi connectivity index (χ0) is 13.8. The van der Waals surface area contributed by atoms with Crippen LogP contribution in [0.25, 0.3) is 0 Å². The third-order valence-electron chi connectivity index (χ3n) is 3.29. The Kier molecular flexibility index (Phi) is 3.97. The van der Waals surface area contributed by atoms with Crippen molar-refractivity contribution >= 4 is 5.69 Å². The van der Waals surface area contributed by atoms with E-state index in [1.807, 2.05) is 36.0 Å². The standard InChI is InChI=1S/C14H17N3O2/c1-11-12(5-3-7-14(11)17(18)19)9-15-10-13-6-4-8-16(13)2/h3-8,15H,9-10H2,1-2H3. The number of nitrogens with zero attached hydrogens (tertiary/aromatic N) is 2. The molecule has 1 heterocycles. The number of nitro benzene ring substituents is 1. The highest BCUT2D eigenvalue weighted by molar-refractivity contribution is 5.44. The molecule has 0 unspecified atom stereocenters. The molecule has 0 bridgehead atoms. The van der Waals surface area contributed by atoms with E-state index >= 15 is 0 Å². The first kappa shape index (κ1) is 13.3. The Balaban J connectivity index is 2.02. The summed E-state index contributed by atoms with van der Waals surface area (Å²) in [6.07, 6.45) is 2.00. The highest BCUT2D eigenvalue weighted by Crippen LogP contribution is 2.20. The van der Waals surface area contributed by atoms with Crippen molar-refractivity contribution in [2.75, 3.05) is 0 Å². The first-order valence-corrected chi connectivity index (χ1v) is 6.13. The van der Waals surface area contributed by atoms with Crippen LogP contribution >= 0.6 is 0 Å². The van der Waals surface area contributed by atoms with Gasteiger partial charge in [0, 0.05) is 43.7 Å². The fraction of sp³-hybridized carbons (Fsp3) is 0.286. The third-order valence-corrected chi connectivity index (χ3v) is 3.29. The minimum atomic E-state index is -0.337. The molecule has 5 nitrogen and oxygen atoms in total. The first-order chi connectivity index (χ1) is 9.09. The van der Waals surface area contributed by atoms with Gasteiger partial charge >= 0.3 is 0 Å². The molecule has 1 aromatic heterocycles. The number of hydrogen-bond acceptors (Lipinski definition) is 3. The van der Waals surface area contributed by atoms with Gasteiger partial charge in [0.25, 0.3) is 5.69 Å². The Labute approximate surface area is 112 Å². The molecule has 0 saturated heterocycles. The molecule has 0 saturated carbocycles. The summed E-state index contributed by atoms with van der Waals surface area (Å²) >= 11 is 0. The highest BCUT2D eigenvalue weighted by Gasteiger charge is 2.12. The number of hydrogen-bond donors (Lipinski definition) is 1. The van der Waals surface area contributed by atoms with E-state index in [2.05, 4.69) is 5.32 Å². The van der Waals surface area contributed by atoms with Crippen LogP contribution in [0.1, 0.15) is 16.8 Å². The predicted molar refractivity (Wildman–Crippen MR) is 73.8 cm³/mol. The molecule has 2 rings (SSSR count). The fourth-order valence-corrected chi connectivity index (χ4v) is 2.06. The molecule has 0 amide bonds. The monoisotopic (exact) mass is 259 g/mol. The average Bonchev–Trinajstić information content (AvgIpc) is 2.77. The zero-order valence-electron chi connectivity index (χ0n) is 11.1. The van der Waals surface area contributed by atoms with Gasteiger partial charge in [0.05, 0.1) is 4.92 Å². The Morgan fingerprint density at radius 1 is 1.26 bits per heavy atom. The second-order valence-corrected chi connectivity index (χ2v) is 4.53. The molecule has 100 valence electrons. The van der Waals surface area contributed by atoms with E-state index < -0.39 is 0 Å². The number of nitro groups is 1. The smallest absolute Gasteiger partial charge is 0.272 e. The number of benzene rings is 1. The van der Waals surface area contributed by atoms with Crippen LogP contribution in [-0.4, -0.2) is 9.49 Å². The van der Waals surface area contributed by atoms with Crippen molar-refractivity contribution in [3.8, 4) is 0 Å². The molecule has 2 aromatic rings. The van der Waals surface area contributed by atoms with E-state index in [4.69, 9.17) is 0 Å². The summed E-state index contributed by atoms with van der Waals surface area (Å²) < 4.78 is 2.05. The van der Waals surface area contributed by atoms with Crippen LogP contribution in [0.15, 0.2) is 36.5 Å². The highest BCUT2D eigenvalue weighted by atomic mass is 16.6. The second-order valence-electron chi connectivity index (χ2n) is 4.53. The maximum absolute atomic E-state index is 10.9. The van der Waals surface area contributed by atoms with E-state index in [0.717, 1.165) is 17.7 Å². The van der Waals surface area contributed by atoms with Crippen LogP contribution in [0.2, 0.25) is 0 Å². The molecule has 0 atom stereocenters. The number of aryl methyl sites for hydroxylation is 1. The predicted octanol–water partition coefficient (Wildman–Crippen LogP) is 2.53. The van der Waals surface area contributed by atoms with Gasteiger partial charge in [-0.05, 0) is 24.6 Å². The van der Waals surface area contributed by atoms with Gasteiger partial charge in [0.15, 0.2) is 0 Å². The number of nitrogens with one attached hydrogen (secondary N) is 1. The van der Waals surface area contributed by atoms with Crippen molar-refractivity contribution in [1.82, 2.24) is 9.88 Å². The minimum Gasteiger partial charge on any atom is -0.353 e. The number of aromatic nitrogens is 1. The van der Waals surface area contributed by atoms with E-state index in [1.54, 1.807) is 13.0 Å². The lowest BCUT2D eigenvalue weighted by Gasteiger charge is -2.08. The van der Waals surface area contributed by atoms with Crippen molar-refractivity contribution in [2.45, 2.75) is 20.0 Å². The maximum atomic E-state index is 10.9.